The van der Waals surface area contributed by atoms with E-state index in [0.29, 0.717) is 6.61 Å². The molecular formula is C13H24N2O2. The largest absolute Gasteiger partial charge is 0.368 e. The molecule has 1 aromatic rings. The molecule has 0 aromatic carbocycles. The molecule has 0 fully saturated rings. The fourth-order valence-corrected chi connectivity index (χ4v) is 1.27. The quantitative estimate of drug-likeness (QED) is 0.710. The summed E-state index contributed by atoms with van der Waals surface area (Å²) in [6, 6.07) is 1.95. The summed E-state index contributed by atoms with van der Waals surface area (Å²) in [4.78, 5) is 0. The molecule has 0 saturated heterocycles. The van der Waals surface area contributed by atoms with E-state index < -0.39 is 0 Å². The Kier molecular flexibility index (Phi) is 5.65. The van der Waals surface area contributed by atoms with Gasteiger partial charge in [-0.3, -0.25) is 0 Å². The molecule has 0 unspecified atom stereocenters. The summed E-state index contributed by atoms with van der Waals surface area (Å²) in [6.07, 6.45) is 2.10. The molecule has 0 amide bonds. The first-order valence-corrected chi connectivity index (χ1v) is 6.36. The van der Waals surface area contributed by atoms with Crippen molar-refractivity contribution in [3.8, 4) is 0 Å². The Morgan fingerprint density at radius 2 is 2.18 bits per heavy atom. The van der Waals surface area contributed by atoms with Crippen LogP contribution in [0.15, 0.2) is 10.6 Å². The van der Waals surface area contributed by atoms with Crippen molar-refractivity contribution in [3.63, 3.8) is 0 Å². The zero-order chi connectivity index (χ0) is 12.7. The molecule has 4 nitrogen and oxygen atoms in total. The minimum absolute atomic E-state index is 0.104. The Bertz CT molecular complexity index is 321. The van der Waals surface area contributed by atoms with Gasteiger partial charge in [-0.25, -0.2) is 0 Å². The van der Waals surface area contributed by atoms with Crippen LogP contribution < -0.4 is 5.32 Å². The van der Waals surface area contributed by atoms with Gasteiger partial charge in [-0.2, -0.15) is 0 Å². The zero-order valence-electron chi connectivity index (χ0n) is 11.4. The molecule has 1 heterocycles. The molecule has 17 heavy (non-hydrogen) atoms. The lowest BCUT2D eigenvalue weighted by molar-refractivity contribution is -0.0398. The molecular weight excluding hydrogens is 216 g/mol. The number of ether oxygens (including phenoxy) is 1. The number of nitrogens with one attached hydrogen (secondary N) is 1. The fraction of sp³-hybridized carbons (Fsp3) is 0.769. The highest BCUT2D eigenvalue weighted by atomic mass is 16.5. The monoisotopic (exact) mass is 240 g/mol. The molecule has 0 bridgehead atoms. The van der Waals surface area contributed by atoms with Crippen LogP contribution in [0.4, 0.5) is 0 Å². The summed E-state index contributed by atoms with van der Waals surface area (Å²) in [7, 11) is 0. The molecule has 0 aliphatic rings. The molecule has 0 spiro atoms. The molecule has 0 saturated carbocycles. The standard InChI is InChI=1S/C13H24N2O2/c1-5-7-14-9-11-8-12(17-15-11)10-16-13(3,4)6-2/h8,14H,5-7,9-10H2,1-4H3. The summed E-state index contributed by atoms with van der Waals surface area (Å²) >= 11 is 0. The van der Waals surface area contributed by atoms with E-state index in [-0.39, 0.29) is 5.60 Å². The van der Waals surface area contributed by atoms with E-state index in [1.165, 1.54) is 0 Å². The van der Waals surface area contributed by atoms with Gasteiger partial charge in [0.25, 0.3) is 0 Å². The van der Waals surface area contributed by atoms with Gasteiger partial charge in [0.2, 0.25) is 0 Å². The smallest absolute Gasteiger partial charge is 0.162 e. The Morgan fingerprint density at radius 1 is 1.41 bits per heavy atom. The van der Waals surface area contributed by atoms with Crippen molar-refractivity contribution in [1.82, 2.24) is 10.5 Å². The maximum absolute atomic E-state index is 5.75. The highest BCUT2D eigenvalue weighted by Crippen LogP contribution is 2.16. The van der Waals surface area contributed by atoms with E-state index in [9.17, 15) is 0 Å². The Hall–Kier alpha value is -0.870. The summed E-state index contributed by atoms with van der Waals surface area (Å²) in [5.74, 6) is 0.792. The summed E-state index contributed by atoms with van der Waals surface area (Å²) in [6.45, 7) is 10.7. The SMILES string of the molecule is CCCNCc1cc(COC(C)(C)CC)on1. The van der Waals surface area contributed by atoms with Crippen LogP contribution >= 0.6 is 0 Å². The maximum Gasteiger partial charge on any atom is 0.162 e. The summed E-state index contributed by atoms with van der Waals surface area (Å²) < 4.78 is 11.0. The van der Waals surface area contributed by atoms with Crippen LogP contribution in [0, 0.1) is 0 Å². The lowest BCUT2D eigenvalue weighted by atomic mass is 10.1. The summed E-state index contributed by atoms with van der Waals surface area (Å²) in [5, 5.41) is 7.28. The molecule has 1 aromatic heterocycles. The van der Waals surface area contributed by atoms with Crippen molar-refractivity contribution in [1.29, 1.82) is 0 Å². The minimum Gasteiger partial charge on any atom is -0.368 e. The average molecular weight is 240 g/mol. The fourth-order valence-electron chi connectivity index (χ4n) is 1.27. The van der Waals surface area contributed by atoms with Crippen LogP contribution in [0.3, 0.4) is 0 Å². The topological polar surface area (TPSA) is 47.3 Å². The number of nitrogens with zero attached hydrogens (tertiary/aromatic N) is 1. The van der Waals surface area contributed by atoms with E-state index in [4.69, 9.17) is 9.26 Å². The highest BCUT2D eigenvalue weighted by molar-refractivity contribution is 5.04. The second-order valence-electron chi connectivity index (χ2n) is 4.86. The maximum atomic E-state index is 5.75. The van der Waals surface area contributed by atoms with Gasteiger partial charge in [-0.15, -0.1) is 0 Å². The lowest BCUT2D eigenvalue weighted by Gasteiger charge is -2.22. The Balaban J connectivity index is 2.35. The van der Waals surface area contributed by atoms with E-state index in [0.717, 1.165) is 37.4 Å². The van der Waals surface area contributed by atoms with Crippen molar-refractivity contribution in [2.75, 3.05) is 6.54 Å². The first kappa shape index (κ1) is 14.2. The third-order valence-electron chi connectivity index (χ3n) is 2.80. The average Bonchev–Trinajstić information content (AvgIpc) is 2.75. The predicted molar refractivity (Wildman–Crippen MR) is 67.7 cm³/mol. The predicted octanol–water partition coefficient (Wildman–Crippen LogP) is 2.88. The van der Waals surface area contributed by atoms with Crippen LogP contribution in [0.25, 0.3) is 0 Å². The lowest BCUT2D eigenvalue weighted by Crippen LogP contribution is -2.22. The number of rotatable bonds is 8. The molecule has 0 radical (unpaired) electrons. The molecule has 4 heteroatoms. The van der Waals surface area contributed by atoms with Gasteiger partial charge in [-0.1, -0.05) is 19.0 Å². The third-order valence-corrected chi connectivity index (χ3v) is 2.80. The van der Waals surface area contributed by atoms with E-state index >= 15 is 0 Å². The normalized spacial score (nSPS) is 12.0. The number of aromatic nitrogens is 1. The highest BCUT2D eigenvalue weighted by Gasteiger charge is 2.16. The van der Waals surface area contributed by atoms with Gasteiger partial charge >= 0.3 is 0 Å². The van der Waals surface area contributed by atoms with Crippen molar-refractivity contribution in [2.45, 2.75) is 59.3 Å². The molecule has 1 rings (SSSR count). The van der Waals surface area contributed by atoms with Crippen molar-refractivity contribution in [3.05, 3.63) is 17.5 Å². The van der Waals surface area contributed by atoms with Crippen LogP contribution in [-0.4, -0.2) is 17.3 Å². The first-order chi connectivity index (χ1) is 8.07. The third kappa shape index (κ3) is 5.33. The van der Waals surface area contributed by atoms with Crippen LogP contribution in [0.2, 0.25) is 0 Å². The minimum atomic E-state index is -0.104. The second-order valence-corrected chi connectivity index (χ2v) is 4.86. The van der Waals surface area contributed by atoms with Gasteiger partial charge in [0.1, 0.15) is 6.61 Å². The molecule has 0 aliphatic heterocycles. The molecule has 98 valence electrons. The Morgan fingerprint density at radius 3 is 2.82 bits per heavy atom. The number of hydrogen-bond donors (Lipinski definition) is 1. The molecule has 0 atom stereocenters. The van der Waals surface area contributed by atoms with Crippen LogP contribution in [0.5, 0.6) is 0 Å². The van der Waals surface area contributed by atoms with Crippen molar-refractivity contribution < 1.29 is 9.26 Å². The van der Waals surface area contributed by atoms with Gasteiger partial charge in [-0.05, 0) is 33.2 Å². The van der Waals surface area contributed by atoms with Gasteiger partial charge < -0.3 is 14.6 Å². The van der Waals surface area contributed by atoms with Gasteiger partial charge in [0.15, 0.2) is 5.76 Å². The van der Waals surface area contributed by atoms with Crippen LogP contribution in [-0.2, 0) is 17.9 Å². The zero-order valence-corrected chi connectivity index (χ0v) is 11.4. The van der Waals surface area contributed by atoms with Crippen molar-refractivity contribution in [2.24, 2.45) is 0 Å². The summed E-state index contributed by atoms with van der Waals surface area (Å²) in [5.41, 5.74) is 0.833. The second kappa shape index (κ2) is 6.77. The Labute approximate surface area is 104 Å². The van der Waals surface area contributed by atoms with E-state index in [2.05, 4.69) is 38.2 Å². The van der Waals surface area contributed by atoms with Gasteiger partial charge in [0, 0.05) is 12.6 Å². The van der Waals surface area contributed by atoms with E-state index in [1.807, 2.05) is 6.07 Å². The first-order valence-electron chi connectivity index (χ1n) is 6.36. The van der Waals surface area contributed by atoms with Gasteiger partial charge in [0.05, 0.1) is 11.3 Å². The molecule has 1 N–H and O–H groups in total. The van der Waals surface area contributed by atoms with E-state index in [1.54, 1.807) is 0 Å². The number of hydrogen-bond acceptors (Lipinski definition) is 4. The van der Waals surface area contributed by atoms with Crippen molar-refractivity contribution >= 4 is 0 Å². The molecule has 0 aliphatic carbocycles. The van der Waals surface area contributed by atoms with Crippen LogP contribution in [0.1, 0.15) is 52.0 Å².